The Morgan fingerprint density at radius 1 is 1.50 bits per heavy atom. The molecule has 1 aromatic rings. The van der Waals surface area contributed by atoms with Crippen LogP contribution in [0.4, 0.5) is 0 Å². The van der Waals surface area contributed by atoms with Crippen molar-refractivity contribution in [3.8, 4) is 5.75 Å². The molecule has 0 saturated carbocycles. The molecule has 2 N–H and O–H groups in total. The molecule has 0 unspecified atom stereocenters. The molecule has 0 atom stereocenters. The summed E-state index contributed by atoms with van der Waals surface area (Å²) < 4.78 is 6.11. The van der Waals surface area contributed by atoms with Crippen molar-refractivity contribution in [2.24, 2.45) is 5.73 Å². The van der Waals surface area contributed by atoms with Gasteiger partial charge in [-0.3, -0.25) is 0 Å². The topological polar surface area (TPSA) is 35.2 Å². The number of hydrogen-bond acceptors (Lipinski definition) is 2. The van der Waals surface area contributed by atoms with Crippen LogP contribution in [-0.2, 0) is 6.54 Å². The van der Waals surface area contributed by atoms with Crippen LogP contribution in [0.2, 0.25) is 0 Å². The van der Waals surface area contributed by atoms with Crippen molar-refractivity contribution < 1.29 is 4.74 Å². The first kappa shape index (κ1) is 9.55. The lowest BCUT2D eigenvalue weighted by Crippen LogP contribution is -2.00. The number of halogens is 1. The number of benzene rings is 1. The maximum Gasteiger partial charge on any atom is 0.133 e. The van der Waals surface area contributed by atoms with E-state index in [9.17, 15) is 0 Å². The fourth-order valence-electron chi connectivity index (χ4n) is 1.07. The standard InChI is InChI=1S/C9H12BrNO/c1-6-3-8(10)9(12-2)4-7(6)5-11/h3-4H,5,11H2,1-2H3. The Bertz CT molecular complexity index is 261. The third-order valence-electron chi connectivity index (χ3n) is 1.83. The number of nitrogens with two attached hydrogens (primary N) is 1. The van der Waals surface area contributed by atoms with Crippen LogP contribution in [0.3, 0.4) is 0 Å². The zero-order valence-electron chi connectivity index (χ0n) is 7.23. The second-order valence-electron chi connectivity index (χ2n) is 2.62. The summed E-state index contributed by atoms with van der Waals surface area (Å²) in [4.78, 5) is 0. The minimum absolute atomic E-state index is 0.551. The van der Waals surface area contributed by atoms with Crippen LogP contribution in [0.5, 0.6) is 5.75 Å². The Morgan fingerprint density at radius 2 is 2.17 bits per heavy atom. The van der Waals surface area contributed by atoms with Crippen LogP contribution in [-0.4, -0.2) is 7.11 Å². The molecular weight excluding hydrogens is 218 g/mol. The lowest BCUT2D eigenvalue weighted by molar-refractivity contribution is 0.411. The molecule has 0 radical (unpaired) electrons. The minimum Gasteiger partial charge on any atom is -0.496 e. The summed E-state index contributed by atoms with van der Waals surface area (Å²) >= 11 is 3.40. The molecule has 0 amide bonds. The quantitative estimate of drug-likeness (QED) is 0.845. The first-order valence-corrected chi connectivity index (χ1v) is 4.51. The third kappa shape index (κ3) is 1.79. The van der Waals surface area contributed by atoms with Gasteiger partial charge in [0.25, 0.3) is 0 Å². The predicted molar refractivity (Wildman–Crippen MR) is 53.3 cm³/mol. The van der Waals surface area contributed by atoms with Crippen LogP contribution in [0.25, 0.3) is 0 Å². The second-order valence-corrected chi connectivity index (χ2v) is 3.47. The number of hydrogen-bond donors (Lipinski definition) is 1. The van der Waals surface area contributed by atoms with Gasteiger partial charge in [0.15, 0.2) is 0 Å². The van der Waals surface area contributed by atoms with E-state index in [1.165, 1.54) is 5.56 Å². The zero-order chi connectivity index (χ0) is 9.14. The molecule has 12 heavy (non-hydrogen) atoms. The summed E-state index contributed by atoms with van der Waals surface area (Å²) in [6, 6.07) is 3.97. The Morgan fingerprint density at radius 3 is 2.67 bits per heavy atom. The van der Waals surface area contributed by atoms with Crippen molar-refractivity contribution in [3.63, 3.8) is 0 Å². The van der Waals surface area contributed by atoms with E-state index in [0.29, 0.717) is 6.54 Å². The van der Waals surface area contributed by atoms with E-state index in [-0.39, 0.29) is 0 Å². The largest absolute Gasteiger partial charge is 0.496 e. The molecule has 3 heteroatoms. The van der Waals surface area contributed by atoms with Gasteiger partial charge in [0.05, 0.1) is 11.6 Å². The van der Waals surface area contributed by atoms with Crippen molar-refractivity contribution in [1.29, 1.82) is 0 Å². The molecule has 0 saturated heterocycles. The van der Waals surface area contributed by atoms with Gasteiger partial charge in [0, 0.05) is 6.54 Å². The molecule has 0 spiro atoms. The van der Waals surface area contributed by atoms with Crippen molar-refractivity contribution in [1.82, 2.24) is 0 Å². The first-order chi connectivity index (χ1) is 5.69. The van der Waals surface area contributed by atoms with Crippen LogP contribution >= 0.6 is 15.9 Å². The number of ether oxygens (including phenoxy) is 1. The molecule has 0 bridgehead atoms. The molecule has 2 nitrogen and oxygen atoms in total. The maximum atomic E-state index is 5.55. The number of methoxy groups -OCH3 is 1. The van der Waals surface area contributed by atoms with Crippen LogP contribution < -0.4 is 10.5 Å². The van der Waals surface area contributed by atoms with Gasteiger partial charge in [-0.2, -0.15) is 0 Å². The number of aryl methyl sites for hydroxylation is 1. The molecule has 0 aliphatic heterocycles. The lowest BCUT2D eigenvalue weighted by atomic mass is 10.1. The van der Waals surface area contributed by atoms with E-state index in [2.05, 4.69) is 15.9 Å². The fourth-order valence-corrected chi connectivity index (χ4v) is 1.69. The van der Waals surface area contributed by atoms with E-state index in [0.717, 1.165) is 15.8 Å². The van der Waals surface area contributed by atoms with E-state index >= 15 is 0 Å². The Labute approximate surface area is 80.8 Å². The highest BCUT2D eigenvalue weighted by Gasteiger charge is 2.03. The van der Waals surface area contributed by atoms with Gasteiger partial charge in [-0.05, 0) is 46.1 Å². The van der Waals surface area contributed by atoms with E-state index in [1.807, 2.05) is 19.1 Å². The van der Waals surface area contributed by atoms with Gasteiger partial charge < -0.3 is 10.5 Å². The second kappa shape index (κ2) is 3.92. The fraction of sp³-hybridized carbons (Fsp3) is 0.333. The summed E-state index contributed by atoms with van der Waals surface area (Å²) in [5.41, 5.74) is 7.86. The van der Waals surface area contributed by atoms with E-state index < -0.39 is 0 Å². The van der Waals surface area contributed by atoms with E-state index in [1.54, 1.807) is 7.11 Å². The van der Waals surface area contributed by atoms with Crippen molar-refractivity contribution in [3.05, 3.63) is 27.7 Å². The minimum atomic E-state index is 0.551. The molecule has 0 heterocycles. The van der Waals surface area contributed by atoms with E-state index in [4.69, 9.17) is 10.5 Å². The third-order valence-corrected chi connectivity index (χ3v) is 2.45. The first-order valence-electron chi connectivity index (χ1n) is 3.72. The van der Waals surface area contributed by atoms with Gasteiger partial charge in [-0.25, -0.2) is 0 Å². The molecule has 0 aromatic heterocycles. The van der Waals surface area contributed by atoms with Gasteiger partial charge in [0.1, 0.15) is 5.75 Å². The predicted octanol–water partition coefficient (Wildman–Crippen LogP) is 2.22. The summed E-state index contributed by atoms with van der Waals surface area (Å²) in [7, 11) is 1.65. The Hall–Kier alpha value is -0.540. The molecule has 0 aliphatic rings. The maximum absolute atomic E-state index is 5.55. The summed E-state index contributed by atoms with van der Waals surface area (Å²) in [6.07, 6.45) is 0. The van der Waals surface area contributed by atoms with Gasteiger partial charge in [0.2, 0.25) is 0 Å². The molecule has 0 aliphatic carbocycles. The van der Waals surface area contributed by atoms with Crippen molar-refractivity contribution >= 4 is 15.9 Å². The molecule has 66 valence electrons. The van der Waals surface area contributed by atoms with Crippen LogP contribution in [0.1, 0.15) is 11.1 Å². The van der Waals surface area contributed by atoms with Crippen LogP contribution in [0.15, 0.2) is 16.6 Å². The van der Waals surface area contributed by atoms with Gasteiger partial charge in [-0.15, -0.1) is 0 Å². The van der Waals surface area contributed by atoms with Gasteiger partial charge in [-0.1, -0.05) is 0 Å². The highest BCUT2D eigenvalue weighted by atomic mass is 79.9. The SMILES string of the molecule is COc1cc(CN)c(C)cc1Br. The summed E-state index contributed by atoms with van der Waals surface area (Å²) in [5.74, 6) is 0.834. The zero-order valence-corrected chi connectivity index (χ0v) is 8.81. The lowest BCUT2D eigenvalue weighted by Gasteiger charge is -2.08. The average Bonchev–Trinajstić information content (AvgIpc) is 2.05. The Kier molecular flexibility index (Phi) is 3.12. The molecule has 0 fully saturated rings. The summed E-state index contributed by atoms with van der Waals surface area (Å²) in [5, 5.41) is 0. The molecule has 1 aromatic carbocycles. The van der Waals surface area contributed by atoms with Crippen molar-refractivity contribution in [2.45, 2.75) is 13.5 Å². The van der Waals surface area contributed by atoms with Gasteiger partial charge >= 0.3 is 0 Å². The Balaban J connectivity index is 3.18. The van der Waals surface area contributed by atoms with Crippen molar-refractivity contribution in [2.75, 3.05) is 7.11 Å². The average molecular weight is 230 g/mol. The molecule has 1 rings (SSSR count). The highest BCUT2D eigenvalue weighted by molar-refractivity contribution is 9.10. The normalized spacial score (nSPS) is 10.0. The molecular formula is C9H12BrNO. The number of rotatable bonds is 2. The summed E-state index contributed by atoms with van der Waals surface area (Å²) in [6.45, 7) is 2.59. The monoisotopic (exact) mass is 229 g/mol. The van der Waals surface area contributed by atoms with Crippen LogP contribution in [0, 0.1) is 6.92 Å². The smallest absolute Gasteiger partial charge is 0.133 e. The highest BCUT2D eigenvalue weighted by Crippen LogP contribution is 2.27.